The lowest BCUT2D eigenvalue weighted by Gasteiger charge is -2.17. The first-order valence-corrected chi connectivity index (χ1v) is 8.14. The number of halogens is 1. The van der Waals surface area contributed by atoms with Gasteiger partial charge in [-0.25, -0.2) is 0 Å². The van der Waals surface area contributed by atoms with Crippen LogP contribution in [0.25, 0.3) is 0 Å². The summed E-state index contributed by atoms with van der Waals surface area (Å²) in [5.41, 5.74) is 5.42. The van der Waals surface area contributed by atoms with Crippen molar-refractivity contribution in [3.05, 3.63) is 58.7 Å². The quantitative estimate of drug-likeness (QED) is 0.741. The van der Waals surface area contributed by atoms with Gasteiger partial charge in [-0.2, -0.15) is 0 Å². The van der Waals surface area contributed by atoms with Crippen molar-refractivity contribution in [2.24, 2.45) is 0 Å². The van der Waals surface area contributed by atoms with E-state index >= 15 is 0 Å². The number of nitrogens with one attached hydrogen (secondary N) is 2. The van der Waals surface area contributed by atoms with Gasteiger partial charge in [-0.05, 0) is 72.5 Å². The molecule has 24 heavy (non-hydrogen) atoms. The van der Waals surface area contributed by atoms with Crippen LogP contribution in [0, 0.1) is 0 Å². The van der Waals surface area contributed by atoms with Gasteiger partial charge in [0.15, 0.2) is 0 Å². The number of methoxy groups -OCH3 is 1. The Hall–Kier alpha value is -1.75. The Labute approximate surface area is 149 Å². The highest BCUT2D eigenvalue weighted by Crippen LogP contribution is 2.20. The topological polar surface area (TPSA) is 53.5 Å². The summed E-state index contributed by atoms with van der Waals surface area (Å²) < 4.78 is 5.16. The van der Waals surface area contributed by atoms with Crippen molar-refractivity contribution >= 4 is 12.4 Å². The second-order valence-corrected chi connectivity index (χ2v) is 5.94. The number of phenolic OH excluding ortho intramolecular Hbond substituents is 1. The summed E-state index contributed by atoms with van der Waals surface area (Å²) in [6.45, 7) is 4.05. The van der Waals surface area contributed by atoms with E-state index in [1.807, 2.05) is 18.2 Å². The van der Waals surface area contributed by atoms with Crippen LogP contribution in [0.5, 0.6) is 11.5 Å². The average molecular weight is 349 g/mol. The molecule has 5 heteroatoms. The molecule has 2 aromatic rings. The molecule has 0 radical (unpaired) electrons. The molecule has 0 atom stereocenters. The first-order valence-electron chi connectivity index (χ1n) is 8.14. The minimum absolute atomic E-state index is 0. The zero-order chi connectivity index (χ0) is 16.1. The Balaban J connectivity index is 0.000000167. The number of hydrogen-bond donors (Lipinski definition) is 3. The lowest BCUT2D eigenvalue weighted by molar-refractivity contribution is 0.413. The molecular weight excluding hydrogens is 324 g/mol. The monoisotopic (exact) mass is 348 g/mol. The number of phenols is 1. The highest BCUT2D eigenvalue weighted by atomic mass is 35.5. The van der Waals surface area contributed by atoms with E-state index in [-0.39, 0.29) is 12.4 Å². The zero-order valence-corrected chi connectivity index (χ0v) is 14.8. The van der Waals surface area contributed by atoms with E-state index in [9.17, 15) is 0 Å². The Morgan fingerprint density at radius 1 is 0.833 bits per heavy atom. The number of ether oxygens (including phenoxy) is 1. The van der Waals surface area contributed by atoms with Crippen molar-refractivity contribution in [3.8, 4) is 11.5 Å². The Morgan fingerprint density at radius 3 is 2.04 bits per heavy atom. The lowest BCUT2D eigenvalue weighted by atomic mass is 10.0. The molecule has 2 aliphatic rings. The van der Waals surface area contributed by atoms with Gasteiger partial charge in [-0.1, -0.05) is 12.1 Å². The molecule has 3 N–H and O–H groups in total. The van der Waals surface area contributed by atoms with Crippen LogP contribution in [0.2, 0.25) is 0 Å². The number of rotatable bonds is 1. The van der Waals surface area contributed by atoms with Gasteiger partial charge in [0.1, 0.15) is 11.5 Å². The maximum absolute atomic E-state index is 9.17. The molecule has 0 spiro atoms. The standard InChI is InChI=1S/C10H13NO.C9H11NO.ClH/c1-12-10-3-2-9-7-11-5-4-8(9)6-10;11-9-2-1-8-6-10-4-3-7(8)5-9;/h2-3,6,11H,4-5,7H2,1H3;1-2,5,10-11H,3-4,6H2;1H. The van der Waals surface area contributed by atoms with Crippen LogP contribution in [-0.4, -0.2) is 25.3 Å². The third-order valence-corrected chi connectivity index (χ3v) is 4.38. The van der Waals surface area contributed by atoms with E-state index in [0.717, 1.165) is 44.8 Å². The Morgan fingerprint density at radius 2 is 1.42 bits per heavy atom. The van der Waals surface area contributed by atoms with Gasteiger partial charge in [0.05, 0.1) is 7.11 Å². The molecule has 0 amide bonds. The minimum Gasteiger partial charge on any atom is -0.508 e. The molecule has 0 bridgehead atoms. The summed E-state index contributed by atoms with van der Waals surface area (Å²) in [5, 5.41) is 15.8. The fourth-order valence-electron chi connectivity index (χ4n) is 3.04. The van der Waals surface area contributed by atoms with Gasteiger partial charge in [0, 0.05) is 13.1 Å². The van der Waals surface area contributed by atoms with Crippen molar-refractivity contribution < 1.29 is 9.84 Å². The van der Waals surface area contributed by atoms with Crippen LogP contribution >= 0.6 is 12.4 Å². The zero-order valence-electron chi connectivity index (χ0n) is 14.0. The van der Waals surface area contributed by atoms with Gasteiger partial charge in [0.25, 0.3) is 0 Å². The second-order valence-electron chi connectivity index (χ2n) is 5.94. The molecule has 0 aliphatic carbocycles. The van der Waals surface area contributed by atoms with Gasteiger partial charge in [0.2, 0.25) is 0 Å². The second kappa shape index (κ2) is 8.92. The van der Waals surface area contributed by atoms with Crippen molar-refractivity contribution in [2.75, 3.05) is 20.2 Å². The van der Waals surface area contributed by atoms with E-state index in [1.165, 1.54) is 22.3 Å². The maximum atomic E-state index is 9.17. The number of hydrogen-bond acceptors (Lipinski definition) is 4. The van der Waals surface area contributed by atoms with Gasteiger partial charge < -0.3 is 20.5 Å². The number of benzene rings is 2. The molecule has 0 unspecified atom stereocenters. The third-order valence-electron chi connectivity index (χ3n) is 4.38. The highest BCUT2D eigenvalue weighted by molar-refractivity contribution is 5.85. The summed E-state index contributed by atoms with van der Waals surface area (Å²) in [5.74, 6) is 1.35. The van der Waals surface area contributed by atoms with Gasteiger partial charge >= 0.3 is 0 Å². The van der Waals surface area contributed by atoms with E-state index in [0.29, 0.717) is 5.75 Å². The normalized spacial score (nSPS) is 15.0. The van der Waals surface area contributed by atoms with Crippen molar-refractivity contribution in [2.45, 2.75) is 25.9 Å². The summed E-state index contributed by atoms with van der Waals surface area (Å²) in [4.78, 5) is 0. The smallest absolute Gasteiger partial charge is 0.119 e. The molecular formula is C19H25ClN2O2. The van der Waals surface area contributed by atoms with Crippen LogP contribution in [-0.2, 0) is 25.9 Å². The SMILES string of the molecule is COc1ccc2c(c1)CCNC2.Cl.Oc1ccc2c(c1)CCNC2. The van der Waals surface area contributed by atoms with Crippen LogP contribution in [0.15, 0.2) is 36.4 Å². The van der Waals surface area contributed by atoms with Crippen molar-refractivity contribution in [1.29, 1.82) is 0 Å². The highest BCUT2D eigenvalue weighted by Gasteiger charge is 2.08. The molecule has 130 valence electrons. The lowest BCUT2D eigenvalue weighted by Crippen LogP contribution is -2.23. The van der Waals surface area contributed by atoms with Gasteiger partial charge in [-0.15, -0.1) is 12.4 Å². The number of aromatic hydroxyl groups is 1. The fraction of sp³-hybridized carbons (Fsp3) is 0.368. The van der Waals surface area contributed by atoms with Crippen LogP contribution in [0.4, 0.5) is 0 Å². The Kier molecular flexibility index (Phi) is 6.91. The molecule has 0 fully saturated rings. The molecule has 4 nitrogen and oxygen atoms in total. The van der Waals surface area contributed by atoms with Crippen LogP contribution < -0.4 is 15.4 Å². The van der Waals surface area contributed by atoms with Gasteiger partial charge in [-0.3, -0.25) is 0 Å². The third kappa shape index (κ3) is 4.63. The predicted molar refractivity (Wildman–Crippen MR) is 99.2 cm³/mol. The minimum atomic E-state index is 0. The predicted octanol–water partition coefficient (Wildman–Crippen LogP) is 2.80. The van der Waals surface area contributed by atoms with Crippen LogP contribution in [0.3, 0.4) is 0 Å². The van der Waals surface area contributed by atoms with E-state index in [2.05, 4.69) is 22.8 Å². The molecule has 0 saturated carbocycles. The molecule has 4 rings (SSSR count). The van der Waals surface area contributed by atoms with Crippen molar-refractivity contribution in [1.82, 2.24) is 10.6 Å². The first-order chi connectivity index (χ1) is 11.3. The largest absolute Gasteiger partial charge is 0.508 e. The molecule has 2 aliphatic heterocycles. The van der Waals surface area contributed by atoms with Crippen molar-refractivity contribution in [3.63, 3.8) is 0 Å². The molecule has 2 aromatic carbocycles. The first kappa shape index (κ1) is 18.6. The van der Waals surface area contributed by atoms with E-state index in [4.69, 9.17) is 9.84 Å². The summed E-state index contributed by atoms with van der Waals surface area (Å²) >= 11 is 0. The molecule has 0 saturated heterocycles. The molecule has 0 aromatic heterocycles. The van der Waals surface area contributed by atoms with Crippen LogP contribution in [0.1, 0.15) is 22.3 Å². The summed E-state index contributed by atoms with van der Waals surface area (Å²) in [6.07, 6.45) is 2.15. The van der Waals surface area contributed by atoms with E-state index in [1.54, 1.807) is 13.2 Å². The molecule has 2 heterocycles. The maximum Gasteiger partial charge on any atom is 0.119 e. The summed E-state index contributed by atoms with van der Waals surface area (Å²) in [7, 11) is 1.71. The number of fused-ring (bicyclic) bond motifs is 2. The fourth-order valence-corrected chi connectivity index (χ4v) is 3.04. The average Bonchev–Trinajstić information content (AvgIpc) is 2.61. The Bertz CT molecular complexity index is 676. The summed E-state index contributed by atoms with van der Waals surface area (Å²) in [6, 6.07) is 11.9. The van der Waals surface area contributed by atoms with E-state index < -0.39 is 0 Å².